The SMILES string of the molecule is NC(=O)NCCCC(NC(=O)CNC(=S)NCCOCCOCCC(=O)ON1C(=O)CCC1=O)C(=O)Nc1cc(F)c(NC(=O)O)cc1F. The summed E-state index contributed by atoms with van der Waals surface area (Å²) < 4.78 is 39.3. The molecule has 22 heteroatoms. The maximum Gasteiger partial charge on any atom is 0.409 e. The van der Waals surface area contributed by atoms with Crippen LogP contribution in [-0.2, 0) is 38.3 Å². The standard InChI is InChI=1S/C27H36F2N8O11S/c28-15-13-19(36-27(44)45)16(29)12-18(15)35-24(42)17(2-1-6-31-25(30)43)34-20(38)14-33-26(49)32-7-9-47-11-10-46-8-5-23(41)48-37-21(39)3-4-22(37)40/h12-13,17,36H,1-11,14H2,(H,34,38)(H,35,42)(H,44,45)(H3,30,31,43)(H2,32,33,49). The number of urea groups is 1. The van der Waals surface area contributed by atoms with Gasteiger partial charge in [-0.05, 0) is 25.1 Å². The Bertz CT molecular complexity index is 1390. The summed E-state index contributed by atoms with van der Waals surface area (Å²) in [5.41, 5.74) is 3.73. The number of nitrogens with zero attached hydrogens (tertiary/aromatic N) is 1. The van der Waals surface area contributed by atoms with E-state index in [-0.39, 0.29) is 83.3 Å². The van der Waals surface area contributed by atoms with Crippen molar-refractivity contribution >= 4 is 70.4 Å². The summed E-state index contributed by atoms with van der Waals surface area (Å²) in [6, 6.07) is -0.980. The molecule has 19 nitrogen and oxygen atoms in total. The minimum atomic E-state index is -1.63. The number of rotatable bonds is 20. The number of primary amides is 1. The highest BCUT2D eigenvalue weighted by Crippen LogP contribution is 2.23. The van der Waals surface area contributed by atoms with Crippen molar-refractivity contribution in [1.29, 1.82) is 0 Å². The van der Waals surface area contributed by atoms with Crippen LogP contribution in [0.3, 0.4) is 0 Å². The van der Waals surface area contributed by atoms with E-state index in [4.69, 9.17) is 37.4 Å². The second-order valence-corrected chi connectivity index (χ2v) is 10.3. The Balaban J connectivity index is 1.69. The number of nitrogens with two attached hydrogens (primary N) is 1. The van der Waals surface area contributed by atoms with Crippen LogP contribution in [0.1, 0.15) is 32.1 Å². The van der Waals surface area contributed by atoms with Crippen LogP contribution in [0.4, 0.5) is 29.7 Å². The molecule has 9 N–H and O–H groups in total. The lowest BCUT2D eigenvalue weighted by atomic mass is 10.1. The van der Waals surface area contributed by atoms with Crippen LogP contribution in [0.25, 0.3) is 0 Å². The van der Waals surface area contributed by atoms with Crippen molar-refractivity contribution in [3.8, 4) is 0 Å². The molecule has 2 rings (SSSR count). The van der Waals surface area contributed by atoms with Gasteiger partial charge >= 0.3 is 18.1 Å². The number of imide groups is 1. The summed E-state index contributed by atoms with van der Waals surface area (Å²) in [7, 11) is 0. The molecule has 1 heterocycles. The number of carbonyl (C=O) groups is 7. The van der Waals surface area contributed by atoms with E-state index >= 15 is 0 Å². The summed E-state index contributed by atoms with van der Waals surface area (Å²) in [5.74, 6) is -5.88. The molecule has 1 fully saturated rings. The topological polar surface area (TPSA) is 269 Å². The highest BCUT2D eigenvalue weighted by Gasteiger charge is 2.32. The molecule has 1 atom stereocenters. The molecule has 1 saturated heterocycles. The molecule has 0 aromatic heterocycles. The van der Waals surface area contributed by atoms with Gasteiger partial charge in [-0.25, -0.2) is 23.2 Å². The predicted octanol–water partition coefficient (Wildman–Crippen LogP) is -0.579. The van der Waals surface area contributed by atoms with Crippen LogP contribution < -0.4 is 37.6 Å². The van der Waals surface area contributed by atoms with Crippen LogP contribution in [0, 0.1) is 11.6 Å². The average Bonchev–Trinajstić information content (AvgIpc) is 3.34. The number of carbonyl (C=O) groups excluding carboxylic acids is 6. The average molecular weight is 719 g/mol. The van der Waals surface area contributed by atoms with Crippen LogP contribution in [0.2, 0.25) is 0 Å². The van der Waals surface area contributed by atoms with Crippen molar-refractivity contribution in [2.45, 2.75) is 38.1 Å². The number of benzene rings is 1. The molecule has 7 amide bonds. The van der Waals surface area contributed by atoms with Gasteiger partial charge in [-0.1, -0.05) is 0 Å². The molecule has 0 aliphatic carbocycles. The van der Waals surface area contributed by atoms with Gasteiger partial charge in [-0.2, -0.15) is 0 Å². The second kappa shape index (κ2) is 20.9. The van der Waals surface area contributed by atoms with Gasteiger partial charge < -0.3 is 51.7 Å². The van der Waals surface area contributed by atoms with Crippen LogP contribution in [0.5, 0.6) is 0 Å². The number of anilines is 2. The fraction of sp³-hybridized carbons (Fsp3) is 0.481. The Labute approximate surface area is 282 Å². The van der Waals surface area contributed by atoms with Crippen molar-refractivity contribution in [2.75, 3.05) is 56.7 Å². The smallest absolute Gasteiger partial charge is 0.409 e. The van der Waals surface area contributed by atoms with Gasteiger partial charge in [0.25, 0.3) is 11.8 Å². The fourth-order valence-corrected chi connectivity index (χ4v) is 4.02. The van der Waals surface area contributed by atoms with Crippen LogP contribution in [0.15, 0.2) is 12.1 Å². The molecule has 49 heavy (non-hydrogen) atoms. The lowest BCUT2D eigenvalue weighted by molar-refractivity contribution is -0.198. The van der Waals surface area contributed by atoms with Crippen molar-refractivity contribution in [3.05, 3.63) is 23.8 Å². The van der Waals surface area contributed by atoms with Crippen LogP contribution in [-0.4, -0.2) is 109 Å². The Hall–Kier alpha value is -5.22. The maximum atomic E-state index is 14.5. The van der Waals surface area contributed by atoms with Crippen molar-refractivity contribution in [1.82, 2.24) is 26.3 Å². The Morgan fingerprint density at radius 2 is 1.51 bits per heavy atom. The highest BCUT2D eigenvalue weighted by atomic mass is 32.1. The van der Waals surface area contributed by atoms with Gasteiger partial charge in [0, 0.05) is 38.1 Å². The van der Waals surface area contributed by atoms with E-state index in [0.29, 0.717) is 17.2 Å². The van der Waals surface area contributed by atoms with Gasteiger partial charge in [0.15, 0.2) is 5.11 Å². The molecule has 1 aromatic carbocycles. The second-order valence-electron chi connectivity index (χ2n) is 9.91. The zero-order chi connectivity index (χ0) is 36.3. The lowest BCUT2D eigenvalue weighted by Crippen LogP contribution is -2.49. The number of thiocarbonyl (C=S) groups is 1. The quantitative estimate of drug-likeness (QED) is 0.0477. The molecule has 1 aromatic rings. The number of amides is 7. The monoisotopic (exact) mass is 718 g/mol. The normalized spacial score (nSPS) is 12.9. The Morgan fingerprint density at radius 1 is 0.898 bits per heavy atom. The van der Waals surface area contributed by atoms with Gasteiger partial charge in [0.2, 0.25) is 11.8 Å². The number of carboxylic acid groups (broad SMARTS) is 1. The number of hydrogen-bond donors (Lipinski definition) is 8. The van der Waals surface area contributed by atoms with E-state index in [0.717, 1.165) is 0 Å². The minimum absolute atomic E-state index is 0.00306. The van der Waals surface area contributed by atoms with E-state index in [9.17, 15) is 42.3 Å². The van der Waals surface area contributed by atoms with E-state index in [2.05, 4.69) is 26.6 Å². The fourth-order valence-electron chi connectivity index (χ4n) is 3.85. The molecular formula is C27H36F2N8O11S. The molecule has 1 aliphatic heterocycles. The molecule has 1 aliphatic rings. The molecule has 0 spiro atoms. The first-order chi connectivity index (χ1) is 23.3. The first-order valence-corrected chi connectivity index (χ1v) is 15.0. The van der Waals surface area contributed by atoms with Gasteiger partial charge in [0.1, 0.15) is 17.7 Å². The number of hydroxylamine groups is 2. The highest BCUT2D eigenvalue weighted by molar-refractivity contribution is 7.80. The minimum Gasteiger partial charge on any atom is -0.465 e. The van der Waals surface area contributed by atoms with Gasteiger partial charge in [-0.3, -0.25) is 24.5 Å². The van der Waals surface area contributed by atoms with Gasteiger partial charge in [0.05, 0.1) is 50.8 Å². The van der Waals surface area contributed by atoms with Crippen molar-refractivity contribution in [2.24, 2.45) is 5.73 Å². The van der Waals surface area contributed by atoms with Crippen molar-refractivity contribution in [3.63, 3.8) is 0 Å². The van der Waals surface area contributed by atoms with E-state index < -0.39 is 70.8 Å². The number of nitrogens with one attached hydrogen (secondary N) is 6. The lowest BCUT2D eigenvalue weighted by Gasteiger charge is -2.20. The predicted molar refractivity (Wildman–Crippen MR) is 167 cm³/mol. The van der Waals surface area contributed by atoms with E-state index in [1.807, 2.05) is 0 Å². The largest absolute Gasteiger partial charge is 0.465 e. The third kappa shape index (κ3) is 15.5. The summed E-state index contributed by atoms with van der Waals surface area (Å²) in [4.78, 5) is 86.4. The Kier molecular flexibility index (Phi) is 17.0. The summed E-state index contributed by atoms with van der Waals surface area (Å²) in [6.07, 6.45) is -1.70. The zero-order valence-corrected chi connectivity index (χ0v) is 26.8. The molecule has 270 valence electrons. The molecule has 0 radical (unpaired) electrons. The first kappa shape index (κ1) is 40.0. The Morgan fingerprint density at radius 3 is 2.12 bits per heavy atom. The van der Waals surface area contributed by atoms with Crippen LogP contribution >= 0.6 is 12.2 Å². The molecule has 0 bridgehead atoms. The molecular weight excluding hydrogens is 682 g/mol. The first-order valence-electron chi connectivity index (χ1n) is 14.6. The number of halogens is 2. The zero-order valence-electron chi connectivity index (χ0n) is 25.9. The molecule has 1 unspecified atom stereocenters. The maximum absolute atomic E-state index is 14.5. The van der Waals surface area contributed by atoms with Crippen molar-refractivity contribution < 1.29 is 61.8 Å². The summed E-state index contributed by atoms with van der Waals surface area (Å²) in [5, 5.41) is 23.2. The van der Waals surface area contributed by atoms with E-state index in [1.165, 1.54) is 0 Å². The molecule has 0 saturated carbocycles. The summed E-state index contributed by atoms with van der Waals surface area (Å²) in [6.45, 7) is 0.372. The third-order valence-corrected chi connectivity index (χ3v) is 6.43. The number of hydrogen-bond acceptors (Lipinski definition) is 11. The van der Waals surface area contributed by atoms with E-state index in [1.54, 1.807) is 5.32 Å². The van der Waals surface area contributed by atoms with Gasteiger partial charge in [-0.15, -0.1) is 5.06 Å². The third-order valence-electron chi connectivity index (χ3n) is 6.14. The number of ether oxygens (including phenoxy) is 2. The summed E-state index contributed by atoms with van der Waals surface area (Å²) >= 11 is 5.10.